The second kappa shape index (κ2) is 4.19. The summed E-state index contributed by atoms with van der Waals surface area (Å²) in [6.45, 7) is 9.60. The summed E-state index contributed by atoms with van der Waals surface area (Å²) in [5.41, 5.74) is 0. The molecule has 0 amide bonds. The summed E-state index contributed by atoms with van der Waals surface area (Å²) in [5.74, 6) is 0.755. The Kier molecular flexibility index (Phi) is 3.13. The molecule has 2 rings (SSSR count). The zero-order valence-corrected chi connectivity index (χ0v) is 9.79. The average molecular weight is 196 g/mol. The largest absolute Gasteiger partial charge is 0.310 e. The van der Waals surface area contributed by atoms with Gasteiger partial charge in [0.2, 0.25) is 0 Å². The van der Waals surface area contributed by atoms with E-state index in [9.17, 15) is 0 Å². The molecule has 0 aliphatic carbocycles. The third-order valence-electron chi connectivity index (χ3n) is 4.08. The van der Waals surface area contributed by atoms with Gasteiger partial charge in [-0.2, -0.15) is 0 Å². The van der Waals surface area contributed by atoms with Crippen molar-refractivity contribution in [3.8, 4) is 0 Å². The van der Waals surface area contributed by atoms with E-state index in [4.69, 9.17) is 0 Å². The smallest absolute Gasteiger partial charge is 0.0250 e. The van der Waals surface area contributed by atoms with E-state index >= 15 is 0 Å². The van der Waals surface area contributed by atoms with Crippen LogP contribution in [0.25, 0.3) is 0 Å². The summed E-state index contributed by atoms with van der Waals surface area (Å²) in [4.78, 5) is 2.67. The van der Waals surface area contributed by atoms with Crippen LogP contribution < -0.4 is 5.32 Å². The summed E-state index contributed by atoms with van der Waals surface area (Å²) in [6, 6.07) is 2.30. The van der Waals surface area contributed by atoms with E-state index in [2.05, 4.69) is 31.0 Å². The summed E-state index contributed by atoms with van der Waals surface area (Å²) in [7, 11) is 0. The van der Waals surface area contributed by atoms with Gasteiger partial charge < -0.3 is 5.32 Å². The van der Waals surface area contributed by atoms with Crippen molar-refractivity contribution in [2.45, 2.75) is 58.2 Å². The van der Waals surface area contributed by atoms with Gasteiger partial charge in [-0.1, -0.05) is 13.8 Å². The molecule has 2 heteroatoms. The van der Waals surface area contributed by atoms with E-state index in [0.717, 1.165) is 18.0 Å². The maximum Gasteiger partial charge on any atom is 0.0250 e. The standard InChI is InChI=1S/C12H24N2/c1-9(2)10(3)13-11-6-8-14-7-4-5-12(11)14/h9-13H,4-8H2,1-3H3. The van der Waals surface area contributed by atoms with Gasteiger partial charge in [0.25, 0.3) is 0 Å². The lowest BCUT2D eigenvalue weighted by Gasteiger charge is -2.27. The number of fused-ring (bicyclic) bond motifs is 1. The Morgan fingerprint density at radius 1 is 1.14 bits per heavy atom. The van der Waals surface area contributed by atoms with Crippen LogP contribution in [-0.4, -0.2) is 36.1 Å². The van der Waals surface area contributed by atoms with Gasteiger partial charge in [-0.3, -0.25) is 4.90 Å². The van der Waals surface area contributed by atoms with Gasteiger partial charge >= 0.3 is 0 Å². The Hall–Kier alpha value is -0.0800. The van der Waals surface area contributed by atoms with Crippen LogP contribution in [0.4, 0.5) is 0 Å². The Balaban J connectivity index is 1.86. The quantitative estimate of drug-likeness (QED) is 0.741. The first-order valence-electron chi connectivity index (χ1n) is 6.18. The second-order valence-corrected chi connectivity index (χ2v) is 5.34. The molecule has 0 aromatic rings. The zero-order chi connectivity index (χ0) is 10.1. The molecule has 2 aliphatic heterocycles. The van der Waals surface area contributed by atoms with Crippen molar-refractivity contribution in [3.63, 3.8) is 0 Å². The van der Waals surface area contributed by atoms with Crippen LogP contribution in [0.2, 0.25) is 0 Å². The minimum atomic E-state index is 0.667. The Labute approximate surface area is 88.1 Å². The van der Waals surface area contributed by atoms with Crippen molar-refractivity contribution >= 4 is 0 Å². The molecule has 14 heavy (non-hydrogen) atoms. The molecule has 0 spiro atoms. The summed E-state index contributed by atoms with van der Waals surface area (Å²) < 4.78 is 0. The molecule has 0 aromatic heterocycles. The van der Waals surface area contributed by atoms with Crippen molar-refractivity contribution in [1.82, 2.24) is 10.2 Å². The van der Waals surface area contributed by atoms with E-state index in [1.54, 1.807) is 0 Å². The van der Waals surface area contributed by atoms with Gasteiger partial charge in [-0.15, -0.1) is 0 Å². The summed E-state index contributed by atoms with van der Waals surface area (Å²) in [5, 5.41) is 3.81. The fourth-order valence-electron chi connectivity index (χ4n) is 2.81. The van der Waals surface area contributed by atoms with Crippen LogP contribution in [0.5, 0.6) is 0 Å². The maximum absolute atomic E-state index is 3.81. The summed E-state index contributed by atoms with van der Waals surface area (Å²) >= 11 is 0. The molecule has 82 valence electrons. The van der Waals surface area contributed by atoms with Crippen LogP contribution in [0.3, 0.4) is 0 Å². The molecular weight excluding hydrogens is 172 g/mol. The maximum atomic E-state index is 3.81. The predicted octanol–water partition coefficient (Wildman–Crippen LogP) is 1.86. The molecule has 2 heterocycles. The molecule has 2 aliphatic rings. The monoisotopic (exact) mass is 196 g/mol. The predicted molar refractivity (Wildman–Crippen MR) is 60.4 cm³/mol. The van der Waals surface area contributed by atoms with Crippen LogP contribution in [0, 0.1) is 5.92 Å². The minimum Gasteiger partial charge on any atom is -0.310 e. The van der Waals surface area contributed by atoms with Crippen LogP contribution >= 0.6 is 0 Å². The highest BCUT2D eigenvalue weighted by Crippen LogP contribution is 2.28. The normalized spacial score (nSPS) is 35.1. The number of rotatable bonds is 3. The lowest BCUT2D eigenvalue weighted by Crippen LogP contribution is -2.45. The summed E-state index contributed by atoms with van der Waals surface area (Å²) in [6.07, 6.45) is 4.20. The minimum absolute atomic E-state index is 0.667. The molecule has 0 aromatic carbocycles. The SMILES string of the molecule is CC(C)C(C)NC1CCN2CCCC12. The number of hydrogen-bond donors (Lipinski definition) is 1. The molecular formula is C12H24N2. The third-order valence-corrected chi connectivity index (χ3v) is 4.08. The van der Waals surface area contributed by atoms with Gasteiger partial charge in [0.05, 0.1) is 0 Å². The number of hydrogen-bond acceptors (Lipinski definition) is 2. The number of nitrogens with zero attached hydrogens (tertiary/aromatic N) is 1. The Morgan fingerprint density at radius 2 is 1.93 bits per heavy atom. The topological polar surface area (TPSA) is 15.3 Å². The fourth-order valence-corrected chi connectivity index (χ4v) is 2.81. The molecule has 1 N–H and O–H groups in total. The Morgan fingerprint density at radius 3 is 2.64 bits per heavy atom. The highest BCUT2D eigenvalue weighted by atomic mass is 15.2. The van der Waals surface area contributed by atoms with Crippen molar-refractivity contribution < 1.29 is 0 Å². The second-order valence-electron chi connectivity index (χ2n) is 5.34. The van der Waals surface area contributed by atoms with Crippen LogP contribution in [0.1, 0.15) is 40.0 Å². The Bertz CT molecular complexity index is 191. The third kappa shape index (κ3) is 1.96. The van der Waals surface area contributed by atoms with Crippen LogP contribution in [0.15, 0.2) is 0 Å². The molecule has 2 fully saturated rings. The highest BCUT2D eigenvalue weighted by Gasteiger charge is 2.37. The first-order valence-corrected chi connectivity index (χ1v) is 6.18. The molecule has 0 bridgehead atoms. The van der Waals surface area contributed by atoms with E-state index in [0.29, 0.717) is 6.04 Å². The van der Waals surface area contributed by atoms with E-state index in [1.807, 2.05) is 0 Å². The van der Waals surface area contributed by atoms with E-state index < -0.39 is 0 Å². The van der Waals surface area contributed by atoms with Gasteiger partial charge in [0.15, 0.2) is 0 Å². The van der Waals surface area contributed by atoms with Crippen LogP contribution in [-0.2, 0) is 0 Å². The van der Waals surface area contributed by atoms with Crippen molar-refractivity contribution in [1.29, 1.82) is 0 Å². The van der Waals surface area contributed by atoms with Gasteiger partial charge in [-0.25, -0.2) is 0 Å². The van der Waals surface area contributed by atoms with Crippen molar-refractivity contribution in [3.05, 3.63) is 0 Å². The van der Waals surface area contributed by atoms with Gasteiger partial charge in [0.1, 0.15) is 0 Å². The number of nitrogens with one attached hydrogen (secondary N) is 1. The van der Waals surface area contributed by atoms with Crippen molar-refractivity contribution in [2.24, 2.45) is 5.92 Å². The van der Waals surface area contributed by atoms with Gasteiger partial charge in [0, 0.05) is 24.7 Å². The molecule has 3 atom stereocenters. The molecule has 0 saturated carbocycles. The van der Waals surface area contributed by atoms with E-state index in [-0.39, 0.29) is 0 Å². The zero-order valence-electron chi connectivity index (χ0n) is 9.79. The first kappa shape index (κ1) is 10.4. The fraction of sp³-hybridized carbons (Fsp3) is 1.00. The lowest BCUT2D eigenvalue weighted by molar-refractivity contribution is 0.278. The van der Waals surface area contributed by atoms with Crippen molar-refractivity contribution in [2.75, 3.05) is 13.1 Å². The highest BCUT2D eigenvalue weighted by molar-refractivity contribution is 4.96. The van der Waals surface area contributed by atoms with E-state index in [1.165, 1.54) is 32.4 Å². The average Bonchev–Trinajstić information content (AvgIpc) is 2.69. The molecule has 2 saturated heterocycles. The molecule has 0 radical (unpaired) electrons. The first-order chi connectivity index (χ1) is 6.68. The lowest BCUT2D eigenvalue weighted by atomic mass is 10.0. The molecule has 2 nitrogen and oxygen atoms in total. The van der Waals surface area contributed by atoms with Gasteiger partial charge in [-0.05, 0) is 38.6 Å². The molecule has 3 unspecified atom stereocenters.